The Morgan fingerprint density at radius 2 is 1.71 bits per heavy atom. The first-order valence-corrected chi connectivity index (χ1v) is 7.70. The van der Waals surface area contributed by atoms with E-state index in [4.69, 9.17) is 23.2 Å². The van der Waals surface area contributed by atoms with Crippen LogP contribution >= 0.6 is 34.5 Å². The van der Waals surface area contributed by atoms with E-state index >= 15 is 0 Å². The minimum Gasteiger partial charge on any atom is -0.288 e. The molecule has 6 heteroatoms. The minimum absolute atomic E-state index is 0.181. The molecule has 21 heavy (non-hydrogen) atoms. The summed E-state index contributed by atoms with van der Waals surface area (Å²) in [6.07, 6.45) is 0. The van der Waals surface area contributed by atoms with E-state index < -0.39 is 0 Å². The highest BCUT2D eigenvalue weighted by Crippen LogP contribution is 2.38. The fraction of sp³-hybridized carbons (Fsp3) is 0. The summed E-state index contributed by atoms with van der Waals surface area (Å²) in [5, 5.41) is 1.95. The first-order valence-electron chi connectivity index (χ1n) is 6.12. The summed E-state index contributed by atoms with van der Waals surface area (Å²) in [7, 11) is 0. The van der Waals surface area contributed by atoms with Crippen LogP contribution in [0.5, 0.6) is 0 Å². The van der Waals surface area contributed by atoms with Crippen molar-refractivity contribution < 1.29 is 0 Å². The lowest BCUT2D eigenvalue weighted by atomic mass is 10.1. The third-order valence-corrected chi connectivity index (χ3v) is 5.06. The van der Waals surface area contributed by atoms with E-state index in [0.717, 1.165) is 16.6 Å². The zero-order valence-electron chi connectivity index (χ0n) is 10.4. The fourth-order valence-electron chi connectivity index (χ4n) is 2.33. The van der Waals surface area contributed by atoms with Crippen LogP contribution in [0.4, 0.5) is 0 Å². The molecule has 2 aliphatic rings. The standard InChI is InChI=1S/C15H6Cl2N2OS/c16-10-6-5-9-15(19-10)21-14-11(17)13(20)8-4-2-1-3-7(8)12(14)18-9/h1-6H. The van der Waals surface area contributed by atoms with Crippen molar-refractivity contribution in [2.45, 2.75) is 0 Å². The maximum absolute atomic E-state index is 12.3. The second kappa shape index (κ2) is 4.63. The molecule has 1 aliphatic heterocycles. The van der Waals surface area contributed by atoms with E-state index in [9.17, 15) is 4.79 Å². The van der Waals surface area contributed by atoms with Gasteiger partial charge in [0, 0.05) is 10.8 Å². The van der Waals surface area contributed by atoms with Crippen LogP contribution in [-0.4, -0.2) is 9.97 Å². The van der Waals surface area contributed by atoms with Crippen LogP contribution in [0.25, 0.3) is 31.7 Å². The van der Waals surface area contributed by atoms with Crippen LogP contribution < -0.4 is 5.43 Å². The molecule has 0 amide bonds. The summed E-state index contributed by atoms with van der Waals surface area (Å²) in [6.45, 7) is 0. The Kier molecular flexibility index (Phi) is 2.85. The average molecular weight is 333 g/mol. The summed E-state index contributed by atoms with van der Waals surface area (Å²) in [6, 6.07) is 10.9. The van der Waals surface area contributed by atoms with Gasteiger partial charge < -0.3 is 0 Å². The van der Waals surface area contributed by atoms with Crippen molar-refractivity contribution in [1.29, 1.82) is 0 Å². The quantitative estimate of drug-likeness (QED) is 0.268. The molecular weight excluding hydrogens is 327 g/mol. The predicted octanol–water partition coefficient (Wildman–Crippen LogP) is 4.62. The molecule has 0 saturated heterocycles. The molecule has 0 spiro atoms. The maximum atomic E-state index is 12.3. The largest absolute Gasteiger partial charge is 0.288 e. The van der Waals surface area contributed by atoms with E-state index in [1.807, 2.05) is 24.3 Å². The van der Waals surface area contributed by atoms with E-state index in [1.165, 1.54) is 11.3 Å². The molecule has 2 aromatic rings. The highest BCUT2D eigenvalue weighted by molar-refractivity contribution is 7.21. The Hall–Kier alpha value is -1.75. The first-order chi connectivity index (χ1) is 10.1. The van der Waals surface area contributed by atoms with Crippen LogP contribution in [0.2, 0.25) is 10.2 Å². The molecule has 3 nitrogen and oxygen atoms in total. The summed E-state index contributed by atoms with van der Waals surface area (Å²) in [5.41, 5.74) is 1.27. The van der Waals surface area contributed by atoms with Gasteiger partial charge in [0.05, 0.1) is 16.1 Å². The van der Waals surface area contributed by atoms with E-state index in [2.05, 4.69) is 9.97 Å². The Morgan fingerprint density at radius 1 is 0.952 bits per heavy atom. The molecule has 0 saturated carbocycles. The number of rotatable bonds is 0. The molecule has 1 aromatic heterocycles. The number of hydrogen-bond donors (Lipinski definition) is 0. The maximum Gasteiger partial charge on any atom is 0.206 e. The van der Waals surface area contributed by atoms with E-state index in [-0.39, 0.29) is 10.5 Å². The van der Waals surface area contributed by atoms with Crippen molar-refractivity contribution in [3.8, 4) is 10.6 Å². The second-order valence-corrected chi connectivity index (χ2v) is 6.30. The molecule has 1 aliphatic carbocycles. The molecule has 0 radical (unpaired) electrons. The smallest absolute Gasteiger partial charge is 0.206 e. The predicted molar refractivity (Wildman–Crippen MR) is 87.8 cm³/mol. The number of pyridine rings is 1. The summed E-state index contributed by atoms with van der Waals surface area (Å²) < 4.78 is 0. The highest BCUT2D eigenvalue weighted by Gasteiger charge is 2.19. The van der Waals surface area contributed by atoms with Crippen LogP contribution in [0.3, 0.4) is 0 Å². The SMILES string of the molecule is O=c1c(Cl)c2sc3nc(Cl)ccc3nc-2c2ccccc12. The number of benzene rings is 2. The van der Waals surface area contributed by atoms with Gasteiger partial charge in [0.2, 0.25) is 5.43 Å². The number of aromatic nitrogens is 2. The van der Waals surface area contributed by atoms with Gasteiger partial charge in [0.1, 0.15) is 15.0 Å². The monoisotopic (exact) mass is 332 g/mol. The lowest BCUT2D eigenvalue weighted by molar-refractivity contribution is 1.38. The Morgan fingerprint density at radius 3 is 2.52 bits per heavy atom. The summed E-state index contributed by atoms with van der Waals surface area (Å²) >= 11 is 13.5. The highest BCUT2D eigenvalue weighted by atomic mass is 35.5. The van der Waals surface area contributed by atoms with Gasteiger partial charge in [-0.15, -0.1) is 11.3 Å². The average Bonchev–Trinajstić information content (AvgIpc) is 2.51. The molecule has 0 N–H and O–H groups in total. The Labute approximate surface area is 133 Å². The molecule has 0 fully saturated rings. The third kappa shape index (κ3) is 1.91. The molecule has 0 atom stereocenters. The molecule has 2 heterocycles. The summed E-state index contributed by atoms with van der Waals surface area (Å²) in [5.74, 6) is 0. The van der Waals surface area contributed by atoms with Gasteiger partial charge in [-0.3, -0.25) is 4.79 Å². The normalized spacial score (nSPS) is 11.5. The van der Waals surface area contributed by atoms with Gasteiger partial charge in [0.15, 0.2) is 0 Å². The molecular formula is C15H6Cl2N2OS. The van der Waals surface area contributed by atoms with Gasteiger partial charge in [-0.05, 0) is 12.1 Å². The van der Waals surface area contributed by atoms with Crippen molar-refractivity contribution in [2.24, 2.45) is 0 Å². The van der Waals surface area contributed by atoms with Crippen LogP contribution in [0.15, 0.2) is 41.2 Å². The van der Waals surface area contributed by atoms with Gasteiger partial charge in [-0.25, -0.2) is 9.97 Å². The third-order valence-electron chi connectivity index (χ3n) is 3.28. The van der Waals surface area contributed by atoms with Crippen molar-refractivity contribution >= 4 is 55.7 Å². The number of hydrogen-bond acceptors (Lipinski definition) is 4. The zero-order valence-corrected chi connectivity index (χ0v) is 12.8. The number of nitrogens with zero attached hydrogens (tertiary/aromatic N) is 2. The lowest BCUT2D eigenvalue weighted by Gasteiger charge is -2.10. The van der Waals surface area contributed by atoms with Crippen molar-refractivity contribution in [2.75, 3.05) is 0 Å². The van der Waals surface area contributed by atoms with Crippen molar-refractivity contribution in [3.05, 3.63) is 56.8 Å². The van der Waals surface area contributed by atoms with Gasteiger partial charge in [-0.1, -0.05) is 47.5 Å². The fourth-order valence-corrected chi connectivity index (χ4v) is 3.82. The molecule has 4 rings (SSSR count). The second-order valence-electron chi connectivity index (χ2n) is 4.54. The summed E-state index contributed by atoms with van der Waals surface area (Å²) in [4.78, 5) is 22.5. The van der Waals surface area contributed by atoms with Crippen LogP contribution in [0, 0.1) is 0 Å². The molecule has 0 unspecified atom stereocenters. The minimum atomic E-state index is -0.181. The number of fused-ring (bicyclic) bond motifs is 4. The molecule has 1 aromatic carbocycles. The van der Waals surface area contributed by atoms with Crippen molar-refractivity contribution in [1.82, 2.24) is 9.97 Å². The topological polar surface area (TPSA) is 42.9 Å². The van der Waals surface area contributed by atoms with Gasteiger partial charge in [0.25, 0.3) is 0 Å². The lowest BCUT2D eigenvalue weighted by Crippen LogP contribution is -2.06. The van der Waals surface area contributed by atoms with Crippen LogP contribution in [-0.2, 0) is 0 Å². The van der Waals surface area contributed by atoms with Crippen LogP contribution in [0.1, 0.15) is 0 Å². The van der Waals surface area contributed by atoms with E-state index in [0.29, 0.717) is 20.2 Å². The van der Waals surface area contributed by atoms with Gasteiger partial charge in [-0.2, -0.15) is 0 Å². The first kappa shape index (κ1) is 13.0. The zero-order chi connectivity index (χ0) is 14.6. The molecule has 102 valence electrons. The Balaban J connectivity index is 2.30. The molecule has 0 bridgehead atoms. The van der Waals surface area contributed by atoms with E-state index in [1.54, 1.807) is 12.1 Å². The Bertz CT molecular complexity index is 1040. The number of halogens is 2. The van der Waals surface area contributed by atoms with Gasteiger partial charge >= 0.3 is 0 Å². The van der Waals surface area contributed by atoms with Crippen molar-refractivity contribution in [3.63, 3.8) is 0 Å².